The molecule has 0 fully saturated rings. The van der Waals surface area contributed by atoms with Gasteiger partial charge in [-0.05, 0) is 34.4 Å². The molecule has 2 aromatic carbocycles. The molecule has 0 radical (unpaired) electrons. The Morgan fingerprint density at radius 1 is 1.07 bits per heavy atom. The highest BCUT2D eigenvalue weighted by atomic mass is 14.0. The predicted molar refractivity (Wildman–Crippen MR) is 67.8 cm³/mol. The summed E-state index contributed by atoms with van der Waals surface area (Å²) < 4.78 is 0. The molecule has 0 saturated carbocycles. The summed E-state index contributed by atoms with van der Waals surface area (Å²) in [6.45, 7) is 7.78. The summed E-state index contributed by atoms with van der Waals surface area (Å²) in [5.41, 5.74) is 2.32. The van der Waals surface area contributed by atoms with Crippen LogP contribution in [0.3, 0.4) is 0 Å². The Morgan fingerprint density at radius 2 is 1.80 bits per heavy atom. The molecule has 2 aromatic rings. The monoisotopic (exact) mass is 194 g/mol. The van der Waals surface area contributed by atoms with Crippen LogP contribution in [0.15, 0.2) is 61.7 Å². The summed E-state index contributed by atoms with van der Waals surface area (Å²) in [7, 11) is 0. The van der Waals surface area contributed by atoms with Crippen molar-refractivity contribution in [3.05, 3.63) is 67.3 Å². The third kappa shape index (κ3) is 1.99. The molecule has 2 rings (SSSR count). The fourth-order valence-corrected chi connectivity index (χ4v) is 1.70. The molecule has 0 saturated heterocycles. The van der Waals surface area contributed by atoms with Gasteiger partial charge >= 0.3 is 0 Å². The first-order valence-electron chi connectivity index (χ1n) is 5.09. The molecule has 15 heavy (non-hydrogen) atoms. The van der Waals surface area contributed by atoms with Gasteiger partial charge in [-0.25, -0.2) is 0 Å². The van der Waals surface area contributed by atoms with E-state index in [2.05, 4.69) is 55.6 Å². The van der Waals surface area contributed by atoms with Crippen LogP contribution >= 0.6 is 0 Å². The van der Waals surface area contributed by atoms with Crippen LogP contribution in [0.4, 0.5) is 0 Å². The van der Waals surface area contributed by atoms with Crippen LogP contribution < -0.4 is 0 Å². The molecule has 0 aliphatic rings. The zero-order chi connectivity index (χ0) is 10.7. The third-order valence-corrected chi connectivity index (χ3v) is 2.55. The van der Waals surface area contributed by atoms with Crippen LogP contribution in [0.2, 0.25) is 0 Å². The van der Waals surface area contributed by atoms with E-state index < -0.39 is 0 Å². The van der Waals surface area contributed by atoms with Crippen LogP contribution in [-0.2, 0) is 0 Å². The first kappa shape index (κ1) is 9.72. The molecule has 0 aromatic heterocycles. The number of hydrogen-bond acceptors (Lipinski definition) is 0. The van der Waals surface area contributed by atoms with E-state index in [9.17, 15) is 0 Å². The van der Waals surface area contributed by atoms with E-state index in [1.54, 1.807) is 0 Å². The lowest BCUT2D eigenvalue weighted by atomic mass is 10.0. The fourth-order valence-electron chi connectivity index (χ4n) is 1.70. The normalized spacial score (nSPS) is 10.1. The maximum absolute atomic E-state index is 4.05. The molecular weight excluding hydrogens is 180 g/mol. The van der Waals surface area contributed by atoms with Gasteiger partial charge in [0.1, 0.15) is 0 Å². The van der Waals surface area contributed by atoms with E-state index in [-0.39, 0.29) is 0 Å². The number of rotatable bonds is 3. The minimum absolute atomic E-state index is 0.846. The molecule has 0 nitrogen and oxygen atoms in total. The molecule has 0 unspecified atom stereocenters. The molecule has 0 heterocycles. The van der Waals surface area contributed by atoms with Gasteiger partial charge in [-0.3, -0.25) is 0 Å². The Bertz CT molecular complexity index is 506. The largest absolute Gasteiger partial charge is 0.103 e. The zero-order valence-electron chi connectivity index (χ0n) is 8.74. The van der Waals surface area contributed by atoms with Crippen LogP contribution in [0.1, 0.15) is 12.0 Å². The van der Waals surface area contributed by atoms with Gasteiger partial charge in [-0.1, -0.05) is 49.1 Å². The van der Waals surface area contributed by atoms with Crippen LogP contribution in [-0.4, -0.2) is 0 Å². The number of hydrogen-bond donors (Lipinski definition) is 0. The first-order chi connectivity index (χ1) is 7.31. The Kier molecular flexibility index (Phi) is 2.68. The Hall–Kier alpha value is -1.82. The van der Waals surface area contributed by atoms with Crippen LogP contribution in [0.5, 0.6) is 0 Å². The van der Waals surface area contributed by atoms with E-state index in [1.165, 1.54) is 16.3 Å². The van der Waals surface area contributed by atoms with Crippen molar-refractivity contribution in [3.63, 3.8) is 0 Å². The van der Waals surface area contributed by atoms with Gasteiger partial charge in [0.25, 0.3) is 0 Å². The van der Waals surface area contributed by atoms with Gasteiger partial charge in [0.2, 0.25) is 0 Å². The van der Waals surface area contributed by atoms with Gasteiger partial charge in [-0.15, -0.1) is 6.58 Å². The molecule has 0 bridgehead atoms. The Morgan fingerprint density at radius 3 is 2.53 bits per heavy atom. The smallest absolute Gasteiger partial charge is 0.0100 e. The van der Waals surface area contributed by atoms with Gasteiger partial charge in [0, 0.05) is 0 Å². The SMILES string of the molecule is C=CCC(=C)c1ccc2ccccc2c1. The standard InChI is InChI=1S/C15H14/c1-3-6-12(2)14-10-9-13-7-4-5-8-15(13)11-14/h3-5,7-11H,1-2,6H2. The van der Waals surface area contributed by atoms with E-state index in [0.717, 1.165) is 12.0 Å². The number of benzene rings is 2. The van der Waals surface area contributed by atoms with Gasteiger partial charge < -0.3 is 0 Å². The third-order valence-electron chi connectivity index (χ3n) is 2.55. The number of allylic oxidation sites excluding steroid dienone is 2. The van der Waals surface area contributed by atoms with Gasteiger partial charge in [0.05, 0.1) is 0 Å². The van der Waals surface area contributed by atoms with E-state index in [0.29, 0.717) is 0 Å². The molecule has 0 atom stereocenters. The molecule has 0 amide bonds. The molecule has 74 valence electrons. The van der Waals surface area contributed by atoms with E-state index in [4.69, 9.17) is 0 Å². The minimum atomic E-state index is 0.846. The molecule has 0 heteroatoms. The molecule has 0 spiro atoms. The first-order valence-corrected chi connectivity index (χ1v) is 5.09. The molecule has 0 aliphatic heterocycles. The molecular formula is C15H14. The van der Waals surface area contributed by atoms with Crippen molar-refractivity contribution in [1.82, 2.24) is 0 Å². The topological polar surface area (TPSA) is 0 Å². The van der Waals surface area contributed by atoms with E-state index >= 15 is 0 Å². The minimum Gasteiger partial charge on any atom is -0.103 e. The van der Waals surface area contributed by atoms with Crippen molar-refractivity contribution < 1.29 is 0 Å². The van der Waals surface area contributed by atoms with Crippen molar-refractivity contribution in [1.29, 1.82) is 0 Å². The maximum Gasteiger partial charge on any atom is -0.0100 e. The highest BCUT2D eigenvalue weighted by Gasteiger charge is 1.98. The van der Waals surface area contributed by atoms with Gasteiger partial charge in [0.15, 0.2) is 0 Å². The lowest BCUT2D eigenvalue weighted by molar-refractivity contribution is 1.42. The highest BCUT2D eigenvalue weighted by molar-refractivity contribution is 5.86. The summed E-state index contributed by atoms with van der Waals surface area (Å²) in [5, 5.41) is 2.54. The molecule has 0 N–H and O–H groups in total. The second kappa shape index (κ2) is 4.14. The lowest BCUT2D eigenvalue weighted by Gasteiger charge is -2.04. The fraction of sp³-hybridized carbons (Fsp3) is 0.0667. The average Bonchev–Trinajstić information content (AvgIpc) is 2.29. The van der Waals surface area contributed by atoms with Crippen LogP contribution in [0.25, 0.3) is 16.3 Å². The summed E-state index contributed by atoms with van der Waals surface area (Å²) in [5.74, 6) is 0. The van der Waals surface area contributed by atoms with Gasteiger partial charge in [-0.2, -0.15) is 0 Å². The maximum atomic E-state index is 4.05. The summed E-state index contributed by atoms with van der Waals surface area (Å²) in [6, 6.07) is 14.8. The molecule has 0 aliphatic carbocycles. The predicted octanol–water partition coefficient (Wildman–Crippen LogP) is 4.43. The van der Waals surface area contributed by atoms with Crippen molar-refractivity contribution in [2.75, 3.05) is 0 Å². The number of fused-ring (bicyclic) bond motifs is 1. The Labute approximate surface area is 90.6 Å². The van der Waals surface area contributed by atoms with E-state index in [1.807, 2.05) is 6.08 Å². The summed E-state index contributed by atoms with van der Waals surface area (Å²) >= 11 is 0. The quantitative estimate of drug-likeness (QED) is 0.634. The Balaban J connectivity index is 2.46. The summed E-state index contributed by atoms with van der Waals surface area (Å²) in [4.78, 5) is 0. The highest BCUT2D eigenvalue weighted by Crippen LogP contribution is 2.22. The van der Waals surface area contributed by atoms with Crippen molar-refractivity contribution in [2.45, 2.75) is 6.42 Å². The van der Waals surface area contributed by atoms with Crippen LogP contribution in [0, 0.1) is 0 Å². The van der Waals surface area contributed by atoms with Crippen molar-refractivity contribution in [3.8, 4) is 0 Å². The average molecular weight is 194 g/mol. The second-order valence-corrected chi connectivity index (χ2v) is 3.66. The second-order valence-electron chi connectivity index (χ2n) is 3.66. The van der Waals surface area contributed by atoms with Crippen molar-refractivity contribution >= 4 is 16.3 Å². The lowest BCUT2D eigenvalue weighted by Crippen LogP contribution is -1.81. The zero-order valence-corrected chi connectivity index (χ0v) is 8.74. The van der Waals surface area contributed by atoms with Crippen molar-refractivity contribution in [2.24, 2.45) is 0 Å². The summed E-state index contributed by atoms with van der Waals surface area (Å²) in [6.07, 6.45) is 2.73.